The molecule has 1 amide bonds. The van der Waals surface area contributed by atoms with Crippen LogP contribution in [0.4, 0.5) is 0 Å². The van der Waals surface area contributed by atoms with Crippen molar-refractivity contribution in [2.75, 3.05) is 0 Å². The Labute approximate surface area is 118 Å². The SMILES string of the molecule is CC(C)[C@@H](C(N)=O)n1cc(CCc2ccccc2)nn1. The topological polar surface area (TPSA) is 73.8 Å². The summed E-state index contributed by atoms with van der Waals surface area (Å²) in [6.07, 6.45) is 3.52. The van der Waals surface area contributed by atoms with Gasteiger partial charge in [0.15, 0.2) is 0 Å². The van der Waals surface area contributed by atoms with Gasteiger partial charge in [-0.15, -0.1) is 5.10 Å². The highest BCUT2D eigenvalue weighted by Crippen LogP contribution is 2.16. The number of nitrogens with two attached hydrogens (primary N) is 1. The molecule has 2 aromatic rings. The van der Waals surface area contributed by atoms with Crippen molar-refractivity contribution in [3.8, 4) is 0 Å². The average Bonchev–Trinajstić information content (AvgIpc) is 2.85. The lowest BCUT2D eigenvalue weighted by Crippen LogP contribution is -2.30. The molecule has 0 bridgehead atoms. The third-order valence-electron chi connectivity index (χ3n) is 3.28. The molecule has 0 spiro atoms. The average molecular weight is 272 g/mol. The molecule has 0 fully saturated rings. The van der Waals surface area contributed by atoms with E-state index in [4.69, 9.17) is 5.73 Å². The first-order valence-corrected chi connectivity index (χ1v) is 6.82. The number of aryl methyl sites for hydroxylation is 2. The number of hydrogen-bond acceptors (Lipinski definition) is 3. The summed E-state index contributed by atoms with van der Waals surface area (Å²) in [6.45, 7) is 3.89. The molecule has 0 saturated heterocycles. The number of aromatic nitrogens is 3. The van der Waals surface area contributed by atoms with Crippen molar-refractivity contribution in [3.63, 3.8) is 0 Å². The minimum absolute atomic E-state index is 0.0937. The van der Waals surface area contributed by atoms with E-state index < -0.39 is 6.04 Å². The lowest BCUT2D eigenvalue weighted by atomic mass is 10.0. The van der Waals surface area contributed by atoms with Crippen molar-refractivity contribution in [1.82, 2.24) is 15.0 Å². The molecule has 106 valence electrons. The smallest absolute Gasteiger partial charge is 0.242 e. The van der Waals surface area contributed by atoms with E-state index in [0.717, 1.165) is 18.5 Å². The highest BCUT2D eigenvalue weighted by Gasteiger charge is 2.22. The molecule has 0 saturated carbocycles. The van der Waals surface area contributed by atoms with E-state index in [0.29, 0.717) is 0 Å². The van der Waals surface area contributed by atoms with Crippen molar-refractivity contribution >= 4 is 5.91 Å². The van der Waals surface area contributed by atoms with Gasteiger partial charge in [0.05, 0.1) is 5.69 Å². The van der Waals surface area contributed by atoms with Gasteiger partial charge >= 0.3 is 0 Å². The second kappa shape index (κ2) is 6.32. The molecule has 5 heteroatoms. The van der Waals surface area contributed by atoms with Crippen LogP contribution in [-0.4, -0.2) is 20.9 Å². The Hall–Kier alpha value is -2.17. The van der Waals surface area contributed by atoms with Gasteiger partial charge in [-0.3, -0.25) is 4.79 Å². The zero-order valence-electron chi connectivity index (χ0n) is 11.9. The number of nitrogens with zero attached hydrogens (tertiary/aromatic N) is 3. The van der Waals surface area contributed by atoms with E-state index in [-0.39, 0.29) is 11.8 Å². The quantitative estimate of drug-likeness (QED) is 0.870. The minimum Gasteiger partial charge on any atom is -0.368 e. The minimum atomic E-state index is -0.437. The monoisotopic (exact) mass is 272 g/mol. The van der Waals surface area contributed by atoms with Gasteiger partial charge in [-0.25, -0.2) is 4.68 Å². The van der Waals surface area contributed by atoms with E-state index in [1.54, 1.807) is 4.68 Å². The van der Waals surface area contributed by atoms with Gasteiger partial charge in [0, 0.05) is 6.20 Å². The van der Waals surface area contributed by atoms with Gasteiger partial charge in [0.1, 0.15) is 6.04 Å². The third-order valence-corrected chi connectivity index (χ3v) is 3.28. The Balaban J connectivity index is 2.03. The largest absolute Gasteiger partial charge is 0.368 e. The highest BCUT2D eigenvalue weighted by atomic mass is 16.1. The molecule has 20 heavy (non-hydrogen) atoms. The van der Waals surface area contributed by atoms with Crippen LogP contribution < -0.4 is 5.73 Å². The third kappa shape index (κ3) is 3.44. The summed E-state index contributed by atoms with van der Waals surface area (Å²) in [5, 5.41) is 8.16. The molecule has 0 aliphatic rings. The van der Waals surface area contributed by atoms with Crippen LogP contribution in [0.2, 0.25) is 0 Å². The first kappa shape index (κ1) is 14.2. The van der Waals surface area contributed by atoms with E-state index in [1.165, 1.54) is 5.56 Å². The number of amides is 1. The van der Waals surface area contributed by atoms with Crippen LogP contribution >= 0.6 is 0 Å². The molecular weight excluding hydrogens is 252 g/mol. The van der Waals surface area contributed by atoms with Gasteiger partial charge in [0.25, 0.3) is 0 Å². The zero-order valence-corrected chi connectivity index (χ0v) is 11.9. The maximum absolute atomic E-state index is 11.5. The molecule has 5 nitrogen and oxygen atoms in total. The fraction of sp³-hybridized carbons (Fsp3) is 0.400. The normalized spacial score (nSPS) is 12.6. The molecule has 1 aromatic carbocycles. The van der Waals surface area contributed by atoms with Crippen LogP contribution in [0.25, 0.3) is 0 Å². The molecule has 1 heterocycles. The number of carbonyl (C=O) groups is 1. The van der Waals surface area contributed by atoms with Gasteiger partial charge < -0.3 is 5.73 Å². The molecular formula is C15H20N4O. The molecule has 2 rings (SSSR count). The number of carbonyl (C=O) groups excluding carboxylic acids is 1. The summed E-state index contributed by atoms with van der Waals surface area (Å²) in [5.41, 5.74) is 7.55. The Morgan fingerprint density at radius 3 is 2.55 bits per heavy atom. The fourth-order valence-electron chi connectivity index (χ4n) is 2.25. The lowest BCUT2D eigenvalue weighted by Gasteiger charge is -2.16. The molecule has 0 aliphatic heterocycles. The summed E-state index contributed by atoms with van der Waals surface area (Å²) < 4.78 is 1.58. The Morgan fingerprint density at radius 2 is 1.95 bits per heavy atom. The Bertz CT molecular complexity index is 562. The van der Waals surface area contributed by atoms with E-state index in [1.807, 2.05) is 38.2 Å². The van der Waals surface area contributed by atoms with Gasteiger partial charge in [-0.2, -0.15) is 0 Å². The molecule has 2 N–H and O–H groups in total. The van der Waals surface area contributed by atoms with E-state index in [2.05, 4.69) is 22.4 Å². The summed E-state index contributed by atoms with van der Waals surface area (Å²) in [6, 6.07) is 9.78. The molecule has 1 atom stereocenters. The first-order chi connectivity index (χ1) is 9.58. The van der Waals surface area contributed by atoms with Crippen molar-refractivity contribution in [2.24, 2.45) is 11.7 Å². The predicted octanol–water partition coefficient (Wildman–Crippen LogP) is 1.75. The maximum atomic E-state index is 11.5. The van der Waals surface area contributed by atoms with E-state index in [9.17, 15) is 4.79 Å². The summed E-state index contributed by atoms with van der Waals surface area (Å²) in [7, 11) is 0. The van der Waals surface area contributed by atoms with Gasteiger partial charge in [-0.05, 0) is 24.3 Å². The Morgan fingerprint density at radius 1 is 1.25 bits per heavy atom. The van der Waals surface area contributed by atoms with Gasteiger partial charge in [0.2, 0.25) is 5.91 Å². The van der Waals surface area contributed by atoms with Crippen molar-refractivity contribution in [3.05, 3.63) is 47.8 Å². The lowest BCUT2D eigenvalue weighted by molar-refractivity contribution is -0.122. The van der Waals surface area contributed by atoms with Crippen molar-refractivity contribution in [2.45, 2.75) is 32.7 Å². The standard InChI is InChI=1S/C15H20N4O/c1-11(2)14(15(16)20)19-10-13(17-18-19)9-8-12-6-4-3-5-7-12/h3-7,10-11,14H,8-9H2,1-2H3,(H2,16,20)/t14-/m0/s1. The summed E-state index contributed by atoms with van der Waals surface area (Å²) >= 11 is 0. The second-order valence-electron chi connectivity index (χ2n) is 5.27. The van der Waals surface area contributed by atoms with Crippen LogP contribution in [0.5, 0.6) is 0 Å². The fourth-order valence-corrected chi connectivity index (χ4v) is 2.25. The van der Waals surface area contributed by atoms with Crippen LogP contribution in [0.1, 0.15) is 31.1 Å². The van der Waals surface area contributed by atoms with Crippen LogP contribution in [0.15, 0.2) is 36.5 Å². The highest BCUT2D eigenvalue weighted by molar-refractivity contribution is 5.78. The molecule has 1 aromatic heterocycles. The van der Waals surface area contributed by atoms with Crippen molar-refractivity contribution in [1.29, 1.82) is 0 Å². The van der Waals surface area contributed by atoms with Crippen LogP contribution in [-0.2, 0) is 17.6 Å². The number of hydrogen-bond donors (Lipinski definition) is 1. The van der Waals surface area contributed by atoms with E-state index >= 15 is 0 Å². The summed E-state index contributed by atoms with van der Waals surface area (Å²) in [4.78, 5) is 11.5. The first-order valence-electron chi connectivity index (χ1n) is 6.82. The van der Waals surface area contributed by atoms with Crippen molar-refractivity contribution < 1.29 is 4.79 Å². The van der Waals surface area contributed by atoms with Gasteiger partial charge in [-0.1, -0.05) is 49.4 Å². The van der Waals surface area contributed by atoms with Crippen LogP contribution in [0.3, 0.4) is 0 Å². The number of primary amides is 1. The Kier molecular flexibility index (Phi) is 4.50. The predicted molar refractivity (Wildman–Crippen MR) is 76.9 cm³/mol. The molecule has 0 radical (unpaired) electrons. The molecule has 0 unspecified atom stereocenters. The van der Waals surface area contributed by atoms with Crippen LogP contribution in [0, 0.1) is 5.92 Å². The summed E-state index contributed by atoms with van der Waals surface area (Å²) in [5.74, 6) is -0.282. The zero-order chi connectivity index (χ0) is 14.5. The maximum Gasteiger partial charge on any atom is 0.242 e. The number of benzene rings is 1. The number of rotatable bonds is 6. The second-order valence-corrected chi connectivity index (χ2v) is 5.27. The molecule has 0 aliphatic carbocycles.